The molecule has 1 N–H and O–H groups in total. The van der Waals surface area contributed by atoms with E-state index in [0.29, 0.717) is 22.4 Å². The van der Waals surface area contributed by atoms with Gasteiger partial charge >= 0.3 is 0 Å². The number of carbonyl (C=O) groups is 1. The van der Waals surface area contributed by atoms with Crippen LogP contribution in [0.15, 0.2) is 53.7 Å². The Labute approximate surface area is 191 Å². The van der Waals surface area contributed by atoms with E-state index in [1.165, 1.54) is 23.9 Å². The summed E-state index contributed by atoms with van der Waals surface area (Å²) in [5.41, 5.74) is 1.59. The highest BCUT2D eigenvalue weighted by Gasteiger charge is 2.18. The minimum absolute atomic E-state index is 0.0263. The summed E-state index contributed by atoms with van der Waals surface area (Å²) in [5, 5.41) is 22.5. The summed E-state index contributed by atoms with van der Waals surface area (Å²) < 4.78 is 6.96. The number of aromatic nitrogens is 3. The van der Waals surface area contributed by atoms with Crippen LogP contribution in [-0.4, -0.2) is 37.5 Å². The standard InChI is InChI=1S/C19H17Cl2N5O4S/c1-30-15-4-2-3-12(9-15)11-31-19-24-23-16(10-22-18(27)17(20)21)25(19)13-5-7-14(8-6-13)26(28)29/h2-9,17H,10-11H2,1H3,(H,22,27). The number of carbonyl (C=O) groups excluding carboxylic acids is 1. The lowest BCUT2D eigenvalue weighted by Crippen LogP contribution is -2.29. The first-order valence-electron chi connectivity index (χ1n) is 8.89. The zero-order valence-electron chi connectivity index (χ0n) is 16.2. The topological polar surface area (TPSA) is 112 Å². The first-order chi connectivity index (χ1) is 14.9. The quantitative estimate of drug-likeness (QED) is 0.213. The average Bonchev–Trinajstić information content (AvgIpc) is 3.18. The lowest BCUT2D eigenvalue weighted by atomic mass is 10.2. The predicted molar refractivity (Wildman–Crippen MR) is 118 cm³/mol. The van der Waals surface area contributed by atoms with E-state index in [-0.39, 0.29) is 12.2 Å². The minimum atomic E-state index is -1.21. The molecule has 9 nitrogen and oxygen atoms in total. The molecule has 0 saturated heterocycles. The molecule has 2 aromatic carbocycles. The van der Waals surface area contributed by atoms with Crippen molar-refractivity contribution in [1.82, 2.24) is 20.1 Å². The Morgan fingerprint density at radius 2 is 2.00 bits per heavy atom. The van der Waals surface area contributed by atoms with Crippen molar-refractivity contribution >= 4 is 46.6 Å². The first kappa shape index (κ1) is 22.9. The molecule has 0 aliphatic rings. The van der Waals surface area contributed by atoms with Gasteiger partial charge in [0.1, 0.15) is 5.75 Å². The normalized spacial score (nSPS) is 10.8. The molecule has 1 aromatic heterocycles. The van der Waals surface area contributed by atoms with Crippen LogP contribution in [0.5, 0.6) is 5.75 Å². The van der Waals surface area contributed by atoms with Gasteiger partial charge in [0, 0.05) is 23.6 Å². The summed E-state index contributed by atoms with van der Waals surface area (Å²) >= 11 is 12.6. The number of nitrogens with one attached hydrogen (secondary N) is 1. The molecule has 0 aliphatic carbocycles. The zero-order chi connectivity index (χ0) is 22.4. The molecule has 0 unspecified atom stereocenters. The van der Waals surface area contributed by atoms with Crippen LogP contribution >= 0.6 is 35.0 Å². The molecule has 1 heterocycles. The number of nitrogens with zero attached hydrogens (tertiary/aromatic N) is 4. The maximum Gasteiger partial charge on any atom is 0.269 e. The van der Waals surface area contributed by atoms with Crippen LogP contribution in [0.3, 0.4) is 0 Å². The SMILES string of the molecule is COc1cccc(CSc2nnc(CNC(=O)C(Cl)Cl)n2-c2ccc([N+](=O)[O-])cc2)c1. The maximum atomic E-state index is 11.7. The summed E-state index contributed by atoms with van der Waals surface area (Å²) in [4.78, 5) is 21.0. The molecule has 0 bridgehead atoms. The maximum absolute atomic E-state index is 11.7. The number of amides is 1. The van der Waals surface area contributed by atoms with Crippen LogP contribution in [0.1, 0.15) is 11.4 Å². The van der Waals surface area contributed by atoms with E-state index in [4.69, 9.17) is 27.9 Å². The molecule has 0 radical (unpaired) electrons. The number of hydrogen-bond donors (Lipinski definition) is 1. The summed E-state index contributed by atoms with van der Waals surface area (Å²) in [6.45, 7) is 0.0263. The van der Waals surface area contributed by atoms with Crippen LogP contribution in [-0.2, 0) is 17.1 Å². The average molecular weight is 482 g/mol. The predicted octanol–water partition coefficient (Wildman–Crippen LogP) is 3.90. The Hall–Kier alpha value is -2.82. The van der Waals surface area contributed by atoms with E-state index < -0.39 is 15.7 Å². The van der Waals surface area contributed by atoms with Crippen molar-refractivity contribution in [3.05, 3.63) is 70.0 Å². The molecule has 1 amide bonds. The summed E-state index contributed by atoms with van der Waals surface area (Å²) in [7, 11) is 1.60. The molecule has 0 aliphatic heterocycles. The van der Waals surface area contributed by atoms with Gasteiger partial charge in [-0.05, 0) is 29.8 Å². The van der Waals surface area contributed by atoms with Crippen molar-refractivity contribution in [3.63, 3.8) is 0 Å². The lowest BCUT2D eigenvalue weighted by Gasteiger charge is -2.11. The van der Waals surface area contributed by atoms with Crippen LogP contribution in [0.25, 0.3) is 5.69 Å². The van der Waals surface area contributed by atoms with Gasteiger partial charge in [0.25, 0.3) is 11.6 Å². The first-order valence-corrected chi connectivity index (χ1v) is 10.8. The number of hydrogen-bond acceptors (Lipinski definition) is 7. The van der Waals surface area contributed by atoms with E-state index in [0.717, 1.165) is 11.3 Å². The van der Waals surface area contributed by atoms with Crippen molar-refractivity contribution in [1.29, 1.82) is 0 Å². The summed E-state index contributed by atoms with van der Waals surface area (Å²) in [5.74, 6) is 1.19. The number of halogens is 2. The Morgan fingerprint density at radius 3 is 2.65 bits per heavy atom. The second kappa shape index (κ2) is 10.5. The monoisotopic (exact) mass is 481 g/mol. The third-order valence-electron chi connectivity index (χ3n) is 4.14. The number of alkyl halides is 2. The lowest BCUT2D eigenvalue weighted by molar-refractivity contribution is -0.384. The molecular weight excluding hydrogens is 465 g/mol. The molecule has 0 fully saturated rings. The zero-order valence-corrected chi connectivity index (χ0v) is 18.5. The Balaban J connectivity index is 1.88. The van der Waals surface area contributed by atoms with Crippen LogP contribution < -0.4 is 10.1 Å². The molecule has 0 atom stereocenters. The van der Waals surface area contributed by atoms with Gasteiger partial charge in [-0.3, -0.25) is 19.5 Å². The number of nitro groups is 1. The van der Waals surface area contributed by atoms with E-state index in [9.17, 15) is 14.9 Å². The van der Waals surface area contributed by atoms with Gasteiger partial charge in [-0.25, -0.2) is 0 Å². The number of benzene rings is 2. The van der Waals surface area contributed by atoms with Gasteiger partial charge in [0.15, 0.2) is 15.8 Å². The van der Waals surface area contributed by atoms with Crippen molar-refractivity contribution in [3.8, 4) is 11.4 Å². The molecular formula is C19H17Cl2N5O4S. The third kappa shape index (κ3) is 5.87. The molecule has 3 aromatic rings. The van der Waals surface area contributed by atoms with Gasteiger partial charge in [0.2, 0.25) is 0 Å². The van der Waals surface area contributed by atoms with E-state index in [1.54, 1.807) is 23.8 Å². The fourth-order valence-electron chi connectivity index (χ4n) is 2.64. The number of rotatable bonds is 9. The largest absolute Gasteiger partial charge is 0.497 e. The van der Waals surface area contributed by atoms with Crippen molar-refractivity contribution < 1.29 is 14.5 Å². The molecule has 3 rings (SSSR count). The Bertz CT molecular complexity index is 1080. The number of thioether (sulfide) groups is 1. The number of non-ortho nitro benzene ring substituents is 1. The van der Waals surface area contributed by atoms with Gasteiger partial charge in [-0.2, -0.15) is 0 Å². The number of ether oxygens (including phenoxy) is 1. The van der Waals surface area contributed by atoms with Crippen molar-refractivity contribution in [2.24, 2.45) is 0 Å². The molecule has 31 heavy (non-hydrogen) atoms. The fourth-order valence-corrected chi connectivity index (χ4v) is 3.71. The fraction of sp³-hybridized carbons (Fsp3) is 0.211. The van der Waals surface area contributed by atoms with E-state index in [1.807, 2.05) is 24.3 Å². The molecule has 0 saturated carbocycles. The highest BCUT2D eigenvalue weighted by molar-refractivity contribution is 7.98. The van der Waals surface area contributed by atoms with Crippen molar-refractivity contribution in [2.75, 3.05) is 7.11 Å². The minimum Gasteiger partial charge on any atom is -0.497 e. The highest BCUT2D eigenvalue weighted by atomic mass is 35.5. The smallest absolute Gasteiger partial charge is 0.269 e. The third-order valence-corrected chi connectivity index (χ3v) is 5.54. The second-order valence-electron chi connectivity index (χ2n) is 6.17. The molecule has 12 heteroatoms. The Kier molecular flexibility index (Phi) is 7.72. The van der Waals surface area contributed by atoms with Gasteiger partial charge in [-0.1, -0.05) is 47.1 Å². The van der Waals surface area contributed by atoms with E-state index in [2.05, 4.69) is 15.5 Å². The molecule has 0 spiro atoms. The number of nitro benzene ring substituents is 1. The highest BCUT2D eigenvalue weighted by Crippen LogP contribution is 2.27. The van der Waals surface area contributed by atoms with Gasteiger partial charge < -0.3 is 10.1 Å². The van der Waals surface area contributed by atoms with Crippen LogP contribution in [0.4, 0.5) is 5.69 Å². The Morgan fingerprint density at radius 1 is 1.26 bits per heavy atom. The van der Waals surface area contributed by atoms with Gasteiger partial charge in [0.05, 0.1) is 18.6 Å². The van der Waals surface area contributed by atoms with E-state index >= 15 is 0 Å². The number of methoxy groups -OCH3 is 1. The van der Waals surface area contributed by atoms with Gasteiger partial charge in [-0.15, -0.1) is 10.2 Å². The summed E-state index contributed by atoms with van der Waals surface area (Å²) in [6, 6.07) is 13.6. The molecule has 162 valence electrons. The van der Waals surface area contributed by atoms with Crippen LogP contribution in [0, 0.1) is 10.1 Å². The second-order valence-corrected chi connectivity index (χ2v) is 8.21. The van der Waals surface area contributed by atoms with Crippen molar-refractivity contribution in [2.45, 2.75) is 22.3 Å². The van der Waals surface area contributed by atoms with Crippen LogP contribution in [0.2, 0.25) is 0 Å². The summed E-state index contributed by atoms with van der Waals surface area (Å²) in [6.07, 6.45) is 0.